The van der Waals surface area contributed by atoms with E-state index in [0.29, 0.717) is 5.92 Å². The maximum atomic E-state index is 2.47. The predicted octanol–water partition coefficient (Wildman–Crippen LogP) is 20.4. The lowest BCUT2D eigenvalue weighted by Crippen LogP contribution is -2.11. The van der Waals surface area contributed by atoms with E-state index in [-0.39, 0.29) is 0 Å². The van der Waals surface area contributed by atoms with Gasteiger partial charge in [0.2, 0.25) is 0 Å². The van der Waals surface area contributed by atoms with Gasteiger partial charge in [-0.1, -0.05) is 212 Å². The first kappa shape index (κ1) is 44.4. The quantitative estimate of drug-likeness (QED) is 0.117. The Morgan fingerprint density at radius 2 is 0.986 bits per heavy atom. The molecule has 1 nitrogen and oxygen atoms in total. The van der Waals surface area contributed by atoms with Crippen LogP contribution in [0.5, 0.6) is 0 Å². The highest BCUT2D eigenvalue weighted by atomic mass is 32.1. The molecule has 0 aliphatic carbocycles. The number of para-hydroxylation sites is 1. The summed E-state index contributed by atoms with van der Waals surface area (Å²) in [6.45, 7) is 4.62. The first-order valence-electron chi connectivity index (χ1n) is 25.6. The number of nitrogens with zero attached hydrogens (tertiary/aromatic N) is 1. The van der Waals surface area contributed by atoms with E-state index in [1.54, 1.807) is 0 Å². The zero-order chi connectivity index (χ0) is 48.8. The van der Waals surface area contributed by atoms with Gasteiger partial charge in [-0.15, -0.1) is 11.3 Å². The number of fused-ring (bicyclic) bond motifs is 8. The maximum Gasteiger partial charge on any atom is 0.0546 e. The Morgan fingerprint density at radius 3 is 1.75 bits per heavy atom. The summed E-state index contributed by atoms with van der Waals surface area (Å²) in [6, 6.07) is 94.3. The van der Waals surface area contributed by atoms with Crippen molar-refractivity contribution < 1.29 is 0 Å². The van der Waals surface area contributed by atoms with Crippen molar-refractivity contribution in [2.45, 2.75) is 32.6 Å². The van der Waals surface area contributed by atoms with Crippen molar-refractivity contribution in [3.05, 3.63) is 283 Å². The molecule has 0 fully saturated rings. The number of hydrogen-bond acceptors (Lipinski definition) is 2. The van der Waals surface area contributed by atoms with Crippen molar-refractivity contribution in [1.29, 1.82) is 0 Å². The fourth-order valence-corrected chi connectivity index (χ4v) is 12.9. The van der Waals surface area contributed by atoms with Crippen molar-refractivity contribution in [3.8, 4) is 33.4 Å². The molecule has 0 aliphatic heterocycles. The van der Waals surface area contributed by atoms with Gasteiger partial charge in [0.25, 0.3) is 0 Å². The number of anilines is 3. The molecule has 0 N–H and O–H groups in total. The fourth-order valence-electron chi connectivity index (χ4n) is 11.7. The summed E-state index contributed by atoms with van der Waals surface area (Å²) in [5.74, 6) is 0.291. The maximum absolute atomic E-state index is 2.47. The largest absolute Gasteiger partial charge is 0.310 e. The van der Waals surface area contributed by atoms with E-state index in [1.807, 2.05) is 11.3 Å². The molecule has 12 aromatic carbocycles. The summed E-state index contributed by atoms with van der Waals surface area (Å²) in [7, 11) is 0. The van der Waals surface area contributed by atoms with Gasteiger partial charge in [-0.05, 0) is 157 Å². The molecule has 0 bridgehead atoms. The third-order valence-corrected chi connectivity index (χ3v) is 16.3. The van der Waals surface area contributed by atoms with E-state index >= 15 is 0 Å². The summed E-state index contributed by atoms with van der Waals surface area (Å²) in [4.78, 5) is 2.45. The molecule has 2 heteroatoms. The molecule has 1 heterocycles. The molecule has 0 saturated carbocycles. The van der Waals surface area contributed by atoms with Crippen LogP contribution >= 0.6 is 11.3 Å². The molecule has 13 rings (SSSR count). The monoisotopic (exact) mass is 951 g/mol. The Labute approximate surface area is 431 Å². The van der Waals surface area contributed by atoms with Crippen LogP contribution in [-0.4, -0.2) is 0 Å². The first-order chi connectivity index (χ1) is 36.0. The lowest BCUT2D eigenvalue weighted by Gasteiger charge is -2.29. The molecule has 348 valence electrons. The van der Waals surface area contributed by atoms with Gasteiger partial charge in [0, 0.05) is 42.9 Å². The molecule has 73 heavy (non-hydrogen) atoms. The Balaban J connectivity index is 0.896. The van der Waals surface area contributed by atoms with E-state index in [2.05, 4.69) is 274 Å². The highest BCUT2D eigenvalue weighted by Gasteiger charge is 2.23. The van der Waals surface area contributed by atoms with Crippen molar-refractivity contribution in [2.24, 2.45) is 0 Å². The normalized spacial score (nSPS) is 12.0. The van der Waals surface area contributed by atoms with Gasteiger partial charge in [0.1, 0.15) is 0 Å². The van der Waals surface area contributed by atoms with Gasteiger partial charge >= 0.3 is 0 Å². The fraction of sp³-hybridized carbons (Fsp3) is 0.0704. The average Bonchev–Trinajstić information content (AvgIpc) is 3.83. The standard InChI is InChI=1S/C71H53NS/c1-47-43-55-25-15-16-32-62(55)71-66(72(57-29-13-6-14-30-57)58-31-18-27-54(46-58)51-21-9-4-10-22-51)41-39-63(69(47)71)59-37-38-64-60(48(59)2)40-42-67-70(64)65-36-34-49(44-68(65)73-67)33-35-61(52-23-11-5-12-24-52)56-28-17-26-53(45-56)50-19-7-3-8-20-50/h3-32,34,36-46,61H,33,35H2,1-2H3. The molecule has 0 spiro atoms. The van der Waals surface area contributed by atoms with Crippen molar-refractivity contribution >= 4 is 80.9 Å². The number of benzene rings is 12. The average molecular weight is 952 g/mol. The van der Waals surface area contributed by atoms with E-state index in [4.69, 9.17) is 0 Å². The molecular formula is C71H53NS. The highest BCUT2D eigenvalue weighted by molar-refractivity contribution is 7.26. The van der Waals surface area contributed by atoms with E-state index in [0.717, 1.165) is 29.9 Å². The highest BCUT2D eigenvalue weighted by Crippen LogP contribution is 2.48. The van der Waals surface area contributed by atoms with Gasteiger partial charge in [0.15, 0.2) is 0 Å². The molecule has 0 radical (unpaired) electrons. The van der Waals surface area contributed by atoms with Gasteiger partial charge in [-0.3, -0.25) is 0 Å². The molecule has 1 unspecified atom stereocenters. The minimum Gasteiger partial charge on any atom is -0.310 e. The van der Waals surface area contributed by atoms with Crippen LogP contribution in [0.2, 0.25) is 0 Å². The lowest BCUT2D eigenvalue weighted by atomic mass is 9.85. The molecule has 13 aromatic rings. The Hall–Kier alpha value is -8.56. The van der Waals surface area contributed by atoms with E-state index in [1.165, 1.54) is 114 Å². The third kappa shape index (κ3) is 8.15. The van der Waals surface area contributed by atoms with Crippen LogP contribution < -0.4 is 4.90 Å². The van der Waals surface area contributed by atoms with Crippen LogP contribution in [0.4, 0.5) is 17.1 Å². The zero-order valence-corrected chi connectivity index (χ0v) is 41.9. The second-order valence-electron chi connectivity index (χ2n) is 19.6. The summed E-state index contributed by atoms with van der Waals surface area (Å²) in [5, 5.41) is 10.3. The van der Waals surface area contributed by atoms with Crippen molar-refractivity contribution in [2.75, 3.05) is 4.90 Å². The Bertz CT molecular complexity index is 4160. The van der Waals surface area contributed by atoms with Crippen LogP contribution in [0.15, 0.2) is 255 Å². The zero-order valence-electron chi connectivity index (χ0n) is 41.1. The molecule has 1 atom stereocenters. The molecular weight excluding hydrogens is 899 g/mol. The Kier molecular flexibility index (Phi) is 11.5. The summed E-state index contributed by atoms with van der Waals surface area (Å²) in [5.41, 5.74) is 17.5. The summed E-state index contributed by atoms with van der Waals surface area (Å²) < 4.78 is 2.69. The number of thiophene rings is 1. The molecule has 1 aromatic heterocycles. The first-order valence-corrected chi connectivity index (χ1v) is 26.4. The summed E-state index contributed by atoms with van der Waals surface area (Å²) in [6.07, 6.45) is 2.02. The molecule has 0 aliphatic rings. The Morgan fingerprint density at radius 1 is 0.384 bits per heavy atom. The summed E-state index contributed by atoms with van der Waals surface area (Å²) >= 11 is 1.92. The van der Waals surface area contributed by atoms with Gasteiger partial charge in [-0.2, -0.15) is 0 Å². The predicted molar refractivity (Wildman–Crippen MR) is 315 cm³/mol. The third-order valence-electron chi connectivity index (χ3n) is 15.2. The smallest absolute Gasteiger partial charge is 0.0546 e. The molecule has 0 saturated heterocycles. The second-order valence-corrected chi connectivity index (χ2v) is 20.7. The topological polar surface area (TPSA) is 3.24 Å². The number of aryl methyl sites for hydroxylation is 3. The minimum atomic E-state index is 0.291. The van der Waals surface area contributed by atoms with Crippen LogP contribution in [0, 0.1) is 13.8 Å². The van der Waals surface area contributed by atoms with Gasteiger partial charge < -0.3 is 4.90 Å². The van der Waals surface area contributed by atoms with E-state index in [9.17, 15) is 0 Å². The SMILES string of the molecule is Cc1c(-c2ccc(N(c3ccccc3)c3cccc(-c4ccccc4)c3)c3c2c(C)cc2ccccc23)ccc2c1ccc1sc3cc(CCC(c4ccccc4)c4cccc(-c5ccccc5)c4)ccc3c12. The van der Waals surface area contributed by atoms with Crippen LogP contribution in [-0.2, 0) is 6.42 Å². The number of rotatable bonds is 11. The second kappa shape index (κ2) is 18.9. The molecule has 0 amide bonds. The van der Waals surface area contributed by atoms with Crippen molar-refractivity contribution in [1.82, 2.24) is 0 Å². The number of hydrogen-bond donors (Lipinski definition) is 0. The van der Waals surface area contributed by atoms with Crippen LogP contribution in [0.3, 0.4) is 0 Å². The van der Waals surface area contributed by atoms with Crippen molar-refractivity contribution in [3.63, 3.8) is 0 Å². The van der Waals surface area contributed by atoms with Crippen LogP contribution in [0.1, 0.15) is 40.2 Å². The minimum absolute atomic E-state index is 0.291. The van der Waals surface area contributed by atoms with Gasteiger partial charge in [0.05, 0.1) is 5.69 Å². The van der Waals surface area contributed by atoms with Crippen LogP contribution in [0.25, 0.3) is 85.9 Å². The van der Waals surface area contributed by atoms with Gasteiger partial charge in [-0.25, -0.2) is 0 Å². The lowest BCUT2D eigenvalue weighted by molar-refractivity contribution is 0.716. The van der Waals surface area contributed by atoms with E-state index < -0.39 is 0 Å².